The van der Waals surface area contributed by atoms with Crippen molar-refractivity contribution in [2.24, 2.45) is 0 Å². The van der Waals surface area contributed by atoms with Crippen molar-refractivity contribution in [1.29, 1.82) is 0 Å². The number of amides is 2. The molecule has 2 aliphatic rings. The average Bonchev–Trinajstić information content (AvgIpc) is 3.24. The van der Waals surface area contributed by atoms with Crippen LogP contribution >= 0.6 is 11.6 Å². The maximum absolute atomic E-state index is 14.5. The summed E-state index contributed by atoms with van der Waals surface area (Å²) < 4.78 is 20.4. The fraction of sp³-hybridized carbons (Fsp3) is 0.565. The van der Waals surface area contributed by atoms with E-state index < -0.39 is 11.7 Å². The number of anilines is 1. The van der Waals surface area contributed by atoms with Crippen molar-refractivity contribution in [3.8, 4) is 5.75 Å². The summed E-state index contributed by atoms with van der Waals surface area (Å²) in [7, 11) is 0. The highest BCUT2D eigenvalue weighted by Gasteiger charge is 2.26. The third kappa shape index (κ3) is 5.54. The van der Waals surface area contributed by atoms with Gasteiger partial charge < -0.3 is 15.4 Å². The zero-order valence-corrected chi connectivity index (χ0v) is 18.4. The molecule has 1 atom stereocenters. The van der Waals surface area contributed by atoms with Crippen molar-refractivity contribution < 1.29 is 18.7 Å². The molecule has 3 rings (SSSR count). The minimum atomic E-state index is -0.630. The van der Waals surface area contributed by atoms with Gasteiger partial charge in [-0.3, -0.25) is 9.59 Å². The molecule has 0 aliphatic heterocycles. The van der Waals surface area contributed by atoms with Crippen molar-refractivity contribution in [1.82, 2.24) is 5.32 Å². The molecular formula is C23H30ClFN2O3. The Kier molecular flexibility index (Phi) is 7.75. The molecule has 0 heterocycles. The molecule has 0 saturated heterocycles. The van der Waals surface area contributed by atoms with Crippen LogP contribution in [0.2, 0.25) is 5.02 Å². The summed E-state index contributed by atoms with van der Waals surface area (Å²) in [6.45, 7) is 3.92. The van der Waals surface area contributed by atoms with Gasteiger partial charge >= 0.3 is 0 Å². The molecule has 1 saturated carbocycles. The molecule has 0 spiro atoms. The second-order valence-corrected chi connectivity index (χ2v) is 8.60. The van der Waals surface area contributed by atoms with Crippen molar-refractivity contribution >= 4 is 29.1 Å². The number of benzene rings is 1. The Morgan fingerprint density at radius 2 is 1.77 bits per heavy atom. The van der Waals surface area contributed by atoms with Gasteiger partial charge in [-0.25, -0.2) is 4.39 Å². The molecule has 0 radical (unpaired) electrons. The first kappa shape index (κ1) is 22.6. The molecule has 2 amide bonds. The number of carbonyl (C=O) groups excluding carboxylic acids is 2. The van der Waals surface area contributed by atoms with Crippen LogP contribution in [-0.2, 0) is 9.59 Å². The van der Waals surface area contributed by atoms with E-state index in [1.54, 1.807) is 0 Å². The number of halogens is 2. The van der Waals surface area contributed by atoms with Crippen LogP contribution in [0.25, 0.3) is 0 Å². The minimum absolute atomic E-state index is 0.0113. The van der Waals surface area contributed by atoms with Crippen molar-refractivity contribution in [3.63, 3.8) is 0 Å². The molecule has 0 bridgehead atoms. The van der Waals surface area contributed by atoms with Crippen molar-refractivity contribution in [3.05, 3.63) is 34.1 Å². The number of hydrogen-bond acceptors (Lipinski definition) is 3. The smallest absolute Gasteiger partial charge is 0.252 e. The summed E-state index contributed by atoms with van der Waals surface area (Å²) in [4.78, 5) is 25.6. The van der Waals surface area contributed by atoms with Crippen LogP contribution in [0.1, 0.15) is 71.6 Å². The fourth-order valence-corrected chi connectivity index (χ4v) is 4.11. The summed E-state index contributed by atoms with van der Waals surface area (Å²) in [5.41, 5.74) is 0.933. The number of carbonyl (C=O) groups is 2. The summed E-state index contributed by atoms with van der Waals surface area (Å²) in [5, 5.41) is 5.75. The van der Waals surface area contributed by atoms with E-state index >= 15 is 0 Å². The van der Waals surface area contributed by atoms with Gasteiger partial charge in [0, 0.05) is 23.3 Å². The van der Waals surface area contributed by atoms with E-state index in [0.717, 1.165) is 51.0 Å². The fourth-order valence-electron chi connectivity index (χ4n) is 3.92. The van der Waals surface area contributed by atoms with Crippen LogP contribution in [-0.4, -0.2) is 24.0 Å². The van der Waals surface area contributed by atoms with Crippen LogP contribution in [0.3, 0.4) is 0 Å². The Bertz CT molecular complexity index is 834. The molecule has 2 N–H and O–H groups in total. The van der Waals surface area contributed by atoms with Gasteiger partial charge in [0.1, 0.15) is 11.6 Å². The molecule has 7 heteroatoms. The molecular weight excluding hydrogens is 407 g/mol. The second-order valence-electron chi connectivity index (χ2n) is 8.19. The van der Waals surface area contributed by atoms with Gasteiger partial charge in [0.2, 0.25) is 5.91 Å². The molecule has 1 unspecified atom stereocenters. The standard InChI is InChI=1S/C23H30ClFN2O3/c1-3-14(2)26-22(28)16-10-6-7-11-17(16)23(29)27-20-13-21(18(24)12-19(20)25)30-15-8-4-5-9-15/h12-15H,3-11H2,1-2H3,(H,26,28)(H,27,29). The Balaban J connectivity index is 1.80. The summed E-state index contributed by atoms with van der Waals surface area (Å²) in [6, 6.07) is 2.63. The highest BCUT2D eigenvalue weighted by atomic mass is 35.5. The van der Waals surface area contributed by atoms with Crippen LogP contribution in [0.4, 0.5) is 10.1 Å². The minimum Gasteiger partial charge on any atom is -0.489 e. The lowest BCUT2D eigenvalue weighted by Gasteiger charge is -2.21. The van der Waals surface area contributed by atoms with Crippen molar-refractivity contribution in [2.75, 3.05) is 5.32 Å². The maximum atomic E-state index is 14.5. The Hall–Kier alpha value is -2.08. The lowest BCUT2D eigenvalue weighted by atomic mass is 9.90. The summed E-state index contributed by atoms with van der Waals surface area (Å²) in [5.74, 6) is -0.921. The van der Waals surface area contributed by atoms with Crippen molar-refractivity contribution in [2.45, 2.75) is 83.8 Å². The van der Waals surface area contributed by atoms with E-state index in [1.165, 1.54) is 6.07 Å². The largest absolute Gasteiger partial charge is 0.489 e. The van der Waals surface area contributed by atoms with Crippen LogP contribution in [0.15, 0.2) is 23.3 Å². The molecule has 1 aromatic carbocycles. The third-order valence-corrected chi connectivity index (χ3v) is 6.17. The number of hydrogen-bond donors (Lipinski definition) is 2. The predicted molar refractivity (Wildman–Crippen MR) is 116 cm³/mol. The molecule has 1 fully saturated rings. The van der Waals surface area contributed by atoms with Gasteiger partial charge in [0.25, 0.3) is 5.91 Å². The zero-order valence-electron chi connectivity index (χ0n) is 17.7. The highest BCUT2D eigenvalue weighted by Crippen LogP contribution is 2.34. The molecule has 0 aromatic heterocycles. The number of ether oxygens (including phenoxy) is 1. The number of nitrogens with one attached hydrogen (secondary N) is 2. The summed E-state index contributed by atoms with van der Waals surface area (Å²) >= 11 is 6.15. The van der Waals surface area contributed by atoms with Crippen LogP contribution in [0, 0.1) is 5.82 Å². The van der Waals surface area contributed by atoms with Gasteiger partial charge in [-0.15, -0.1) is 0 Å². The lowest BCUT2D eigenvalue weighted by Crippen LogP contribution is -2.35. The third-order valence-electron chi connectivity index (χ3n) is 5.87. The molecule has 1 aromatic rings. The van der Waals surface area contributed by atoms with Gasteiger partial charge in [-0.2, -0.15) is 0 Å². The first-order valence-electron chi connectivity index (χ1n) is 10.9. The topological polar surface area (TPSA) is 67.4 Å². The quantitative estimate of drug-likeness (QED) is 0.591. The average molecular weight is 437 g/mol. The van der Waals surface area contributed by atoms with E-state index in [2.05, 4.69) is 10.6 Å². The molecule has 2 aliphatic carbocycles. The first-order valence-corrected chi connectivity index (χ1v) is 11.3. The van der Waals surface area contributed by atoms with Crippen LogP contribution in [0.5, 0.6) is 5.75 Å². The Morgan fingerprint density at radius 3 is 2.40 bits per heavy atom. The first-order chi connectivity index (χ1) is 14.4. The SMILES string of the molecule is CCC(C)NC(=O)C1=C(C(=O)Nc2cc(OC3CCCC3)c(Cl)cc2F)CCCC1. The van der Waals surface area contributed by atoms with Gasteiger partial charge in [-0.1, -0.05) is 18.5 Å². The number of rotatable bonds is 7. The normalized spacial score (nSPS) is 18.3. The maximum Gasteiger partial charge on any atom is 0.252 e. The van der Waals surface area contributed by atoms with Gasteiger partial charge in [0.15, 0.2) is 0 Å². The van der Waals surface area contributed by atoms with Crippen LogP contribution < -0.4 is 15.4 Å². The summed E-state index contributed by atoms with van der Waals surface area (Å²) in [6.07, 6.45) is 7.67. The molecule has 30 heavy (non-hydrogen) atoms. The van der Waals surface area contributed by atoms with E-state index in [0.29, 0.717) is 29.7 Å². The second kappa shape index (κ2) is 10.3. The van der Waals surface area contributed by atoms with E-state index in [9.17, 15) is 14.0 Å². The van der Waals surface area contributed by atoms with E-state index in [1.807, 2.05) is 13.8 Å². The van der Waals surface area contributed by atoms with Gasteiger partial charge in [-0.05, 0) is 70.8 Å². The Labute approximate surface area is 182 Å². The van der Waals surface area contributed by atoms with E-state index in [-0.39, 0.29) is 28.8 Å². The highest BCUT2D eigenvalue weighted by molar-refractivity contribution is 6.32. The monoisotopic (exact) mass is 436 g/mol. The molecule has 164 valence electrons. The zero-order chi connectivity index (χ0) is 21.7. The molecule has 5 nitrogen and oxygen atoms in total. The lowest BCUT2D eigenvalue weighted by molar-refractivity contribution is -0.119. The van der Waals surface area contributed by atoms with E-state index in [4.69, 9.17) is 16.3 Å². The Morgan fingerprint density at radius 1 is 1.13 bits per heavy atom. The van der Waals surface area contributed by atoms with Gasteiger partial charge in [0.05, 0.1) is 16.8 Å². The predicted octanol–water partition coefficient (Wildman–Crippen LogP) is 5.52.